The van der Waals surface area contributed by atoms with E-state index in [-0.39, 0.29) is 41.3 Å². The van der Waals surface area contributed by atoms with Crippen molar-refractivity contribution in [2.75, 3.05) is 14.1 Å². The molecule has 1 aliphatic heterocycles. The van der Waals surface area contributed by atoms with Crippen molar-refractivity contribution in [3.8, 4) is 11.3 Å². The van der Waals surface area contributed by atoms with E-state index in [1.54, 1.807) is 29.6 Å². The van der Waals surface area contributed by atoms with E-state index in [4.69, 9.17) is 7.98 Å². The van der Waals surface area contributed by atoms with Crippen LogP contribution in [0.1, 0.15) is 43.0 Å². The van der Waals surface area contributed by atoms with Gasteiger partial charge in [0, 0.05) is 36.3 Å². The van der Waals surface area contributed by atoms with Crippen LogP contribution >= 0.6 is 0 Å². The highest BCUT2D eigenvalue weighted by molar-refractivity contribution is 6.15. The summed E-state index contributed by atoms with van der Waals surface area (Å²) in [4.78, 5) is 55.0. The summed E-state index contributed by atoms with van der Waals surface area (Å²) in [5.41, 5.74) is 2.05. The molecule has 1 N–H and O–H groups in total. The zero-order chi connectivity index (χ0) is 25.8. The predicted octanol–water partition coefficient (Wildman–Crippen LogP) is 0.732. The van der Waals surface area contributed by atoms with E-state index in [9.17, 15) is 14.4 Å². The summed E-state index contributed by atoms with van der Waals surface area (Å²) in [7, 11) is 9.25. The van der Waals surface area contributed by atoms with Crippen molar-refractivity contribution in [1.82, 2.24) is 39.8 Å². The molecule has 1 saturated heterocycles. The maximum Gasteiger partial charge on any atom is 0.245 e. The summed E-state index contributed by atoms with van der Waals surface area (Å²) in [6.07, 6.45) is 6.42. The molecule has 184 valence electrons. The molecule has 3 aromatic rings. The van der Waals surface area contributed by atoms with Crippen molar-refractivity contribution in [1.29, 1.82) is 0 Å². The molecule has 2 amide bonds. The zero-order valence-corrected chi connectivity index (χ0v) is 20.7. The minimum atomic E-state index is -0.611. The number of rotatable bonds is 7. The van der Waals surface area contributed by atoms with Crippen LogP contribution in [-0.4, -0.2) is 86.3 Å². The largest absolute Gasteiger partial charge is 0.407 e. The molecule has 0 spiro atoms. The van der Waals surface area contributed by atoms with E-state index in [1.165, 1.54) is 11.6 Å². The number of amides is 2. The number of pyridine rings is 1. The van der Waals surface area contributed by atoms with Crippen molar-refractivity contribution in [3.63, 3.8) is 0 Å². The molecule has 2 fully saturated rings. The van der Waals surface area contributed by atoms with Gasteiger partial charge in [-0.2, -0.15) is 5.10 Å². The Balaban J connectivity index is 1.45. The second-order valence-electron chi connectivity index (χ2n) is 10.2. The SMILES string of the molecule is [B]NC(=O)[C@@H]1C[C@@]2(C)C[C@H]2N1C(=O)Cn1nc(C(C)=O)c2cc(-c3cnc(CN(C)C)nc3)ncc21. The third-order valence-corrected chi connectivity index (χ3v) is 7.08. The fourth-order valence-electron chi connectivity index (χ4n) is 5.13. The number of Topliss-reactive ketones (excluding diaryl/α,β-unsaturated/α-hetero) is 1. The van der Waals surface area contributed by atoms with Crippen LogP contribution in [0.2, 0.25) is 0 Å². The fourth-order valence-corrected chi connectivity index (χ4v) is 5.13. The number of carbonyl (C=O) groups excluding carboxylic acids is 3. The summed E-state index contributed by atoms with van der Waals surface area (Å²) in [5.74, 6) is -0.159. The smallest absolute Gasteiger partial charge is 0.245 e. The van der Waals surface area contributed by atoms with Gasteiger partial charge in [-0.1, -0.05) is 6.92 Å². The number of ketones is 1. The first-order valence-electron chi connectivity index (χ1n) is 11.8. The maximum absolute atomic E-state index is 13.4. The van der Waals surface area contributed by atoms with Crippen LogP contribution in [0.4, 0.5) is 0 Å². The van der Waals surface area contributed by atoms with Gasteiger partial charge in [0.2, 0.25) is 19.8 Å². The van der Waals surface area contributed by atoms with Crippen molar-refractivity contribution in [2.24, 2.45) is 5.41 Å². The molecule has 0 unspecified atom stereocenters. The first-order valence-corrected chi connectivity index (χ1v) is 11.8. The standard InChI is InChI=1S/C24H27BN8O3/c1-13(34)22-15-5-16(14-8-27-20(28-9-14)11-31(3)4)26-10-18(15)32(30-22)12-21(35)33-17(23(36)29-25)6-24(2)7-19(24)33/h5,8-10,17,19H,6-7,11-12H2,1-4H3,(H,29,36)/t17-,19+,24-/m0/s1. The highest BCUT2D eigenvalue weighted by Crippen LogP contribution is 2.59. The topological polar surface area (TPSA) is 126 Å². The molecule has 12 heteroatoms. The van der Waals surface area contributed by atoms with E-state index >= 15 is 0 Å². The number of hydrogen-bond donors (Lipinski definition) is 1. The molecule has 3 atom stereocenters. The number of fused-ring (bicyclic) bond motifs is 2. The highest BCUT2D eigenvalue weighted by atomic mass is 16.2. The van der Waals surface area contributed by atoms with E-state index in [1.807, 2.05) is 19.0 Å². The van der Waals surface area contributed by atoms with Crippen LogP contribution in [-0.2, 0) is 22.7 Å². The van der Waals surface area contributed by atoms with Crippen LogP contribution in [0.5, 0.6) is 0 Å². The van der Waals surface area contributed by atoms with Gasteiger partial charge in [-0.3, -0.25) is 24.0 Å². The highest BCUT2D eigenvalue weighted by Gasteiger charge is 2.64. The van der Waals surface area contributed by atoms with Crippen LogP contribution in [0.15, 0.2) is 24.7 Å². The molecule has 3 aromatic heterocycles. The number of hydrogen-bond acceptors (Lipinski definition) is 8. The minimum Gasteiger partial charge on any atom is -0.407 e. The van der Waals surface area contributed by atoms with Gasteiger partial charge in [-0.05, 0) is 38.4 Å². The third kappa shape index (κ3) is 4.15. The molecule has 4 heterocycles. The zero-order valence-electron chi connectivity index (χ0n) is 20.7. The van der Waals surface area contributed by atoms with Gasteiger partial charge in [0.1, 0.15) is 24.1 Å². The van der Waals surface area contributed by atoms with Crippen molar-refractivity contribution < 1.29 is 14.4 Å². The number of nitrogens with one attached hydrogen (secondary N) is 1. The normalized spacial score (nSPS) is 22.6. The van der Waals surface area contributed by atoms with Gasteiger partial charge in [-0.15, -0.1) is 0 Å². The second kappa shape index (κ2) is 8.77. The van der Waals surface area contributed by atoms with Crippen LogP contribution in [0.3, 0.4) is 0 Å². The molecule has 0 aromatic carbocycles. The van der Waals surface area contributed by atoms with Gasteiger partial charge in [0.05, 0.1) is 24.0 Å². The van der Waals surface area contributed by atoms with Crippen molar-refractivity contribution in [3.05, 3.63) is 36.2 Å². The number of piperidine rings is 1. The van der Waals surface area contributed by atoms with Gasteiger partial charge in [-0.25, -0.2) is 9.97 Å². The predicted molar refractivity (Wildman–Crippen MR) is 132 cm³/mol. The van der Waals surface area contributed by atoms with Crippen molar-refractivity contribution >= 4 is 36.5 Å². The second-order valence-corrected chi connectivity index (χ2v) is 10.2. The summed E-state index contributed by atoms with van der Waals surface area (Å²) >= 11 is 0. The third-order valence-electron chi connectivity index (χ3n) is 7.08. The maximum atomic E-state index is 13.4. The first-order chi connectivity index (χ1) is 17.1. The van der Waals surface area contributed by atoms with Gasteiger partial charge >= 0.3 is 0 Å². The molecule has 11 nitrogen and oxygen atoms in total. The Morgan fingerprint density at radius 2 is 1.89 bits per heavy atom. The molecule has 2 radical (unpaired) electrons. The molecule has 5 rings (SSSR count). The van der Waals surface area contributed by atoms with Crippen LogP contribution in [0, 0.1) is 5.41 Å². The fraction of sp³-hybridized carbons (Fsp3) is 0.458. The Hall–Kier alpha value is -3.67. The van der Waals surface area contributed by atoms with Crippen LogP contribution in [0.25, 0.3) is 22.2 Å². The summed E-state index contributed by atoms with van der Waals surface area (Å²) < 4.78 is 1.48. The summed E-state index contributed by atoms with van der Waals surface area (Å²) in [6.45, 7) is 4.01. The van der Waals surface area contributed by atoms with E-state index in [0.29, 0.717) is 41.0 Å². The van der Waals surface area contributed by atoms with Gasteiger partial charge < -0.3 is 15.0 Å². The Bertz CT molecular complexity index is 1370. The summed E-state index contributed by atoms with van der Waals surface area (Å²) in [6, 6.07) is 1.16. The van der Waals surface area contributed by atoms with Crippen LogP contribution < -0.4 is 5.23 Å². The average Bonchev–Trinajstić information content (AvgIpc) is 3.21. The Morgan fingerprint density at radius 3 is 2.53 bits per heavy atom. The number of aromatic nitrogens is 5. The first kappa shape index (κ1) is 24.0. The monoisotopic (exact) mass is 486 g/mol. The Morgan fingerprint density at radius 1 is 1.17 bits per heavy atom. The number of likely N-dealkylation sites (tertiary alicyclic amines) is 1. The van der Waals surface area contributed by atoms with E-state index < -0.39 is 6.04 Å². The minimum absolute atomic E-state index is 0.00148. The molecule has 2 aliphatic rings. The molecule has 36 heavy (non-hydrogen) atoms. The van der Waals surface area contributed by atoms with E-state index in [0.717, 1.165) is 6.42 Å². The average molecular weight is 486 g/mol. The lowest BCUT2D eigenvalue weighted by atomic mass is 10.0. The van der Waals surface area contributed by atoms with Gasteiger partial charge in [0.25, 0.3) is 0 Å². The van der Waals surface area contributed by atoms with Crippen molar-refractivity contribution in [2.45, 2.75) is 51.9 Å². The molecule has 0 bridgehead atoms. The lowest BCUT2D eigenvalue weighted by molar-refractivity contribution is -0.139. The van der Waals surface area contributed by atoms with Gasteiger partial charge in [0.15, 0.2) is 5.78 Å². The molecule has 1 saturated carbocycles. The molecular formula is C24H27BN8O3. The lowest BCUT2D eigenvalue weighted by Crippen LogP contribution is -2.48. The van der Waals surface area contributed by atoms with E-state index in [2.05, 4.69) is 32.2 Å². The lowest BCUT2D eigenvalue weighted by Gasteiger charge is -2.26. The molecule has 1 aliphatic carbocycles. The quantitative estimate of drug-likeness (QED) is 0.383. The summed E-state index contributed by atoms with van der Waals surface area (Å²) in [5, 5.41) is 7.21. The number of carbonyl (C=O) groups is 3. The molecular weight excluding hydrogens is 459 g/mol. The number of nitrogens with zero attached hydrogens (tertiary/aromatic N) is 7. The Kier molecular flexibility index (Phi) is 5.86. The Labute approximate surface area is 209 Å².